The third-order valence-corrected chi connectivity index (χ3v) is 2.50. The van der Waals surface area contributed by atoms with Gasteiger partial charge in [-0.15, -0.1) is 0 Å². The second-order valence-electron chi connectivity index (χ2n) is 3.38. The smallest absolute Gasteiger partial charge is 0.240 e. The normalized spacial score (nSPS) is 19.4. The average Bonchev–Trinajstić information content (AvgIpc) is 2.63. The summed E-state index contributed by atoms with van der Waals surface area (Å²) in [6.45, 7) is 0.162. The van der Waals surface area contributed by atoms with Crippen LogP contribution in [0.15, 0.2) is 0 Å². The topological polar surface area (TPSA) is 73.1 Å². The fourth-order valence-electron chi connectivity index (χ4n) is 1.71. The Balaban J connectivity index is 2.56. The number of hydrogen-bond donors (Lipinski definition) is 2. The van der Waals surface area contributed by atoms with Gasteiger partial charge in [0.2, 0.25) is 5.91 Å². The molecule has 72 valence electrons. The average molecular weight is 182 g/mol. The highest BCUT2D eigenvalue weighted by molar-refractivity contribution is 5.85. The molecular weight excluding hydrogens is 168 g/mol. The van der Waals surface area contributed by atoms with E-state index in [1.165, 1.54) is 0 Å². The molecule has 0 aliphatic heterocycles. The number of aliphatic hydroxyl groups excluding tert-OH is 1. The molecule has 0 atom stereocenters. The van der Waals surface area contributed by atoms with Crippen molar-refractivity contribution in [1.82, 2.24) is 5.32 Å². The fourth-order valence-corrected chi connectivity index (χ4v) is 1.71. The van der Waals surface area contributed by atoms with E-state index in [1.54, 1.807) is 0 Å². The zero-order chi connectivity index (χ0) is 9.73. The highest BCUT2D eigenvalue weighted by Gasteiger charge is 2.41. The van der Waals surface area contributed by atoms with Gasteiger partial charge in [-0.2, -0.15) is 5.26 Å². The first-order valence-electron chi connectivity index (χ1n) is 4.55. The van der Waals surface area contributed by atoms with E-state index in [2.05, 4.69) is 11.4 Å². The van der Waals surface area contributed by atoms with Gasteiger partial charge in [-0.25, -0.2) is 0 Å². The van der Waals surface area contributed by atoms with Crippen LogP contribution in [0, 0.1) is 16.7 Å². The summed E-state index contributed by atoms with van der Waals surface area (Å²) in [7, 11) is 0. The van der Waals surface area contributed by atoms with E-state index < -0.39 is 5.41 Å². The van der Waals surface area contributed by atoms with Crippen molar-refractivity contribution in [2.24, 2.45) is 5.41 Å². The molecule has 1 fully saturated rings. The Labute approximate surface area is 77.6 Å². The Morgan fingerprint density at radius 1 is 1.54 bits per heavy atom. The minimum atomic E-state index is -0.810. The van der Waals surface area contributed by atoms with Crippen molar-refractivity contribution in [1.29, 1.82) is 5.26 Å². The van der Waals surface area contributed by atoms with Crippen molar-refractivity contribution in [2.45, 2.75) is 25.7 Å². The van der Waals surface area contributed by atoms with Gasteiger partial charge >= 0.3 is 0 Å². The van der Waals surface area contributed by atoms with Gasteiger partial charge in [0.25, 0.3) is 0 Å². The molecule has 0 aromatic rings. The van der Waals surface area contributed by atoms with E-state index in [1.807, 2.05) is 0 Å². The number of carbonyl (C=O) groups excluding carboxylic acids is 1. The number of nitrogens with one attached hydrogen (secondary N) is 1. The summed E-state index contributed by atoms with van der Waals surface area (Å²) in [5.74, 6) is -0.221. The third-order valence-electron chi connectivity index (χ3n) is 2.50. The van der Waals surface area contributed by atoms with Crippen molar-refractivity contribution in [3.63, 3.8) is 0 Å². The monoisotopic (exact) mass is 182 g/mol. The van der Waals surface area contributed by atoms with Crippen LogP contribution >= 0.6 is 0 Å². The molecular formula is C9H14N2O2. The maximum absolute atomic E-state index is 11.5. The van der Waals surface area contributed by atoms with Crippen LogP contribution in [0.2, 0.25) is 0 Å². The lowest BCUT2D eigenvalue weighted by Crippen LogP contribution is -2.39. The summed E-state index contributed by atoms with van der Waals surface area (Å²) in [6, 6.07) is 2.09. The number of hydrogen-bond acceptors (Lipinski definition) is 3. The first kappa shape index (κ1) is 10.0. The zero-order valence-corrected chi connectivity index (χ0v) is 7.55. The van der Waals surface area contributed by atoms with Gasteiger partial charge in [-0.3, -0.25) is 4.79 Å². The van der Waals surface area contributed by atoms with E-state index >= 15 is 0 Å². The number of rotatable bonds is 3. The van der Waals surface area contributed by atoms with Crippen molar-refractivity contribution < 1.29 is 9.90 Å². The van der Waals surface area contributed by atoms with Crippen molar-refractivity contribution in [2.75, 3.05) is 13.2 Å². The molecule has 0 unspecified atom stereocenters. The minimum Gasteiger partial charge on any atom is -0.395 e. The van der Waals surface area contributed by atoms with Gasteiger partial charge in [0.1, 0.15) is 5.41 Å². The summed E-state index contributed by atoms with van der Waals surface area (Å²) < 4.78 is 0. The van der Waals surface area contributed by atoms with E-state index in [0.717, 1.165) is 12.8 Å². The lowest BCUT2D eigenvalue weighted by atomic mass is 9.87. The van der Waals surface area contributed by atoms with Gasteiger partial charge in [-0.05, 0) is 12.8 Å². The summed E-state index contributed by atoms with van der Waals surface area (Å²) in [4.78, 5) is 11.5. The van der Waals surface area contributed by atoms with E-state index in [9.17, 15) is 4.79 Å². The van der Waals surface area contributed by atoms with E-state index in [0.29, 0.717) is 12.8 Å². The lowest BCUT2D eigenvalue weighted by Gasteiger charge is -2.18. The van der Waals surface area contributed by atoms with Crippen LogP contribution in [0.1, 0.15) is 25.7 Å². The zero-order valence-electron chi connectivity index (χ0n) is 7.55. The molecule has 1 saturated carbocycles. The Morgan fingerprint density at radius 3 is 2.62 bits per heavy atom. The van der Waals surface area contributed by atoms with Gasteiger partial charge in [0.05, 0.1) is 12.7 Å². The summed E-state index contributed by atoms with van der Waals surface area (Å²) in [6.07, 6.45) is 3.20. The highest BCUT2D eigenvalue weighted by Crippen LogP contribution is 2.37. The van der Waals surface area contributed by atoms with E-state index in [4.69, 9.17) is 10.4 Å². The maximum Gasteiger partial charge on any atom is 0.240 e. The standard InChI is InChI=1S/C9H14N2O2/c10-7-9(3-1-2-4-9)8(13)11-5-6-12/h12H,1-6H2,(H,11,13). The molecule has 0 spiro atoms. The predicted molar refractivity (Wildman–Crippen MR) is 46.6 cm³/mol. The molecule has 0 saturated heterocycles. The molecule has 1 aliphatic carbocycles. The lowest BCUT2D eigenvalue weighted by molar-refractivity contribution is -0.128. The van der Waals surface area contributed by atoms with Crippen LogP contribution in [-0.4, -0.2) is 24.2 Å². The number of aliphatic hydroxyl groups is 1. The Morgan fingerprint density at radius 2 is 2.15 bits per heavy atom. The predicted octanol–water partition coefficient (Wildman–Crippen LogP) is 0.179. The molecule has 0 aromatic heterocycles. The second kappa shape index (κ2) is 4.24. The summed E-state index contributed by atoms with van der Waals surface area (Å²) >= 11 is 0. The van der Waals surface area contributed by atoms with Crippen LogP contribution in [-0.2, 0) is 4.79 Å². The number of nitriles is 1. The Bertz CT molecular complexity index is 226. The van der Waals surface area contributed by atoms with Gasteiger partial charge in [0.15, 0.2) is 0 Å². The highest BCUT2D eigenvalue weighted by atomic mass is 16.3. The molecule has 13 heavy (non-hydrogen) atoms. The molecule has 0 aromatic carbocycles. The number of amides is 1. The van der Waals surface area contributed by atoms with Crippen LogP contribution in [0.4, 0.5) is 0 Å². The van der Waals surface area contributed by atoms with Gasteiger partial charge < -0.3 is 10.4 Å². The first-order valence-corrected chi connectivity index (χ1v) is 4.55. The minimum absolute atomic E-state index is 0.0761. The Kier molecular flexibility index (Phi) is 3.26. The maximum atomic E-state index is 11.5. The van der Waals surface area contributed by atoms with Gasteiger partial charge in [0, 0.05) is 6.54 Å². The van der Waals surface area contributed by atoms with Crippen molar-refractivity contribution in [3.8, 4) is 6.07 Å². The second-order valence-corrected chi connectivity index (χ2v) is 3.38. The third kappa shape index (κ3) is 1.99. The number of nitrogens with zero attached hydrogens (tertiary/aromatic N) is 1. The van der Waals surface area contributed by atoms with Crippen LogP contribution in [0.25, 0.3) is 0 Å². The molecule has 0 heterocycles. The van der Waals surface area contributed by atoms with Crippen molar-refractivity contribution in [3.05, 3.63) is 0 Å². The van der Waals surface area contributed by atoms with Gasteiger partial charge in [-0.1, -0.05) is 12.8 Å². The van der Waals surface area contributed by atoms with Crippen LogP contribution < -0.4 is 5.32 Å². The molecule has 1 rings (SSSR count). The largest absolute Gasteiger partial charge is 0.395 e. The fraction of sp³-hybridized carbons (Fsp3) is 0.778. The molecule has 4 nitrogen and oxygen atoms in total. The first-order chi connectivity index (χ1) is 6.25. The molecule has 1 aliphatic rings. The van der Waals surface area contributed by atoms with Crippen LogP contribution in [0.3, 0.4) is 0 Å². The SMILES string of the molecule is N#CC1(C(=O)NCCO)CCCC1. The summed E-state index contributed by atoms with van der Waals surface area (Å²) in [5, 5.41) is 20.0. The van der Waals surface area contributed by atoms with Crippen LogP contribution in [0.5, 0.6) is 0 Å². The summed E-state index contributed by atoms with van der Waals surface area (Å²) in [5.41, 5.74) is -0.810. The van der Waals surface area contributed by atoms with Crippen molar-refractivity contribution >= 4 is 5.91 Å². The molecule has 0 radical (unpaired) electrons. The quantitative estimate of drug-likeness (QED) is 0.653. The molecule has 0 bridgehead atoms. The molecule has 2 N–H and O–H groups in total. The van der Waals surface area contributed by atoms with E-state index in [-0.39, 0.29) is 19.1 Å². The Hall–Kier alpha value is -1.08. The number of carbonyl (C=O) groups is 1. The molecule has 1 amide bonds. The molecule has 4 heteroatoms.